The number of aryl methyl sites for hydroxylation is 2. The molecule has 4 rings (SSSR count). The summed E-state index contributed by atoms with van der Waals surface area (Å²) >= 11 is 1.47. The molecule has 2 heterocycles. The van der Waals surface area contributed by atoms with Gasteiger partial charge in [0.05, 0.1) is 11.3 Å². The number of hydrogen-bond acceptors (Lipinski definition) is 6. The van der Waals surface area contributed by atoms with Gasteiger partial charge in [-0.1, -0.05) is 6.07 Å². The lowest BCUT2D eigenvalue weighted by molar-refractivity contribution is 0.0948. The summed E-state index contributed by atoms with van der Waals surface area (Å²) < 4.78 is 5.05. The van der Waals surface area contributed by atoms with Gasteiger partial charge in [-0.05, 0) is 74.8 Å². The first-order valence-corrected chi connectivity index (χ1v) is 12.3. The highest BCUT2D eigenvalue weighted by Gasteiger charge is 2.27. The van der Waals surface area contributed by atoms with Crippen LogP contribution in [0.3, 0.4) is 0 Å². The third-order valence-electron chi connectivity index (χ3n) is 6.24. The standard InChI is InChI=1S/C25H30N4O4S/c1-14-9-10-16(22(30)15(14)2)18-13-19(29-28-18)23(31)27-25-21(24(32)26-11-6-12-33-3)17-7-4-5-8-20(17)34-25/h9-10,13,30H,4-8,11-12H2,1-3H3,(H,26,32)(H,27,31)(H,28,29). The minimum Gasteiger partial charge on any atom is -0.507 e. The normalized spacial score (nSPS) is 12.9. The highest BCUT2D eigenvalue weighted by atomic mass is 32.1. The number of phenols is 1. The molecule has 0 fully saturated rings. The number of hydrogen-bond donors (Lipinski definition) is 4. The first-order chi connectivity index (χ1) is 16.4. The second-order valence-electron chi connectivity index (χ2n) is 8.54. The molecule has 0 spiro atoms. The van der Waals surface area contributed by atoms with Crippen molar-refractivity contribution >= 4 is 28.2 Å². The van der Waals surface area contributed by atoms with E-state index in [-0.39, 0.29) is 23.3 Å². The van der Waals surface area contributed by atoms with Gasteiger partial charge < -0.3 is 20.5 Å². The van der Waals surface area contributed by atoms with Crippen LogP contribution >= 0.6 is 11.3 Å². The number of phenolic OH excluding ortho intramolecular Hbond substituents is 1. The quantitative estimate of drug-likeness (QED) is 0.356. The van der Waals surface area contributed by atoms with E-state index in [1.54, 1.807) is 19.2 Å². The lowest BCUT2D eigenvalue weighted by atomic mass is 9.95. The predicted octanol–water partition coefficient (Wildman–Crippen LogP) is 4.36. The Kier molecular flexibility index (Phi) is 7.33. The molecule has 0 unspecified atom stereocenters. The number of rotatable bonds is 8. The molecule has 4 N–H and O–H groups in total. The number of carbonyl (C=O) groups is 2. The first kappa shape index (κ1) is 24.0. The van der Waals surface area contributed by atoms with Crippen LogP contribution in [0.4, 0.5) is 5.00 Å². The van der Waals surface area contributed by atoms with E-state index in [2.05, 4.69) is 20.8 Å². The fraction of sp³-hybridized carbons (Fsp3) is 0.400. The number of aromatic hydroxyl groups is 1. The first-order valence-electron chi connectivity index (χ1n) is 11.5. The largest absolute Gasteiger partial charge is 0.507 e. The molecular weight excluding hydrogens is 452 g/mol. The third-order valence-corrected chi connectivity index (χ3v) is 7.44. The summed E-state index contributed by atoms with van der Waals surface area (Å²) in [6, 6.07) is 5.30. The molecule has 0 radical (unpaired) electrons. The van der Waals surface area contributed by atoms with Gasteiger partial charge in [0.15, 0.2) is 0 Å². The number of aromatic nitrogens is 2. The zero-order chi connectivity index (χ0) is 24.2. The van der Waals surface area contributed by atoms with E-state index in [4.69, 9.17) is 4.74 Å². The molecule has 9 heteroatoms. The summed E-state index contributed by atoms with van der Waals surface area (Å²) in [6.07, 6.45) is 4.59. The zero-order valence-electron chi connectivity index (χ0n) is 19.7. The van der Waals surface area contributed by atoms with Gasteiger partial charge >= 0.3 is 0 Å². The number of anilines is 1. The maximum absolute atomic E-state index is 13.1. The number of aromatic amines is 1. The molecule has 0 atom stereocenters. The van der Waals surface area contributed by atoms with Crippen LogP contribution in [0.2, 0.25) is 0 Å². The molecule has 0 aliphatic heterocycles. The lowest BCUT2D eigenvalue weighted by Gasteiger charge is -2.13. The van der Waals surface area contributed by atoms with E-state index in [1.165, 1.54) is 11.3 Å². The van der Waals surface area contributed by atoms with Gasteiger partial charge in [0.1, 0.15) is 16.4 Å². The molecular formula is C25H30N4O4S. The molecule has 0 saturated carbocycles. The van der Waals surface area contributed by atoms with Gasteiger partial charge in [-0.3, -0.25) is 14.7 Å². The number of carbonyl (C=O) groups excluding carboxylic acids is 2. The van der Waals surface area contributed by atoms with Crippen LogP contribution < -0.4 is 10.6 Å². The molecule has 1 aliphatic carbocycles. The smallest absolute Gasteiger partial charge is 0.274 e. The number of benzene rings is 1. The number of fused-ring (bicyclic) bond motifs is 1. The number of ether oxygens (including phenoxy) is 1. The molecule has 0 saturated heterocycles. The number of thiophene rings is 1. The van der Waals surface area contributed by atoms with Crippen LogP contribution in [0.15, 0.2) is 18.2 Å². The average Bonchev–Trinajstić information content (AvgIpc) is 3.45. The Morgan fingerprint density at radius 2 is 2.00 bits per heavy atom. The maximum atomic E-state index is 13.1. The fourth-order valence-electron chi connectivity index (χ4n) is 4.16. The van der Waals surface area contributed by atoms with Gasteiger partial charge in [-0.25, -0.2) is 0 Å². The van der Waals surface area contributed by atoms with Crippen molar-refractivity contribution in [3.05, 3.63) is 51.0 Å². The van der Waals surface area contributed by atoms with Crippen molar-refractivity contribution in [3.63, 3.8) is 0 Å². The lowest BCUT2D eigenvalue weighted by Crippen LogP contribution is -2.27. The maximum Gasteiger partial charge on any atom is 0.274 e. The number of amides is 2. The monoisotopic (exact) mass is 482 g/mol. The Bertz CT molecular complexity index is 1210. The van der Waals surface area contributed by atoms with Gasteiger partial charge in [0.2, 0.25) is 0 Å². The van der Waals surface area contributed by atoms with Crippen LogP contribution in [0, 0.1) is 13.8 Å². The molecule has 2 amide bonds. The molecule has 1 aromatic carbocycles. The van der Waals surface area contributed by atoms with Crippen LogP contribution in [-0.4, -0.2) is 47.4 Å². The summed E-state index contributed by atoms with van der Waals surface area (Å²) in [7, 11) is 1.63. The summed E-state index contributed by atoms with van der Waals surface area (Å²) in [4.78, 5) is 27.2. The van der Waals surface area contributed by atoms with Crippen LogP contribution in [0.5, 0.6) is 5.75 Å². The molecule has 180 valence electrons. The van der Waals surface area contributed by atoms with E-state index in [1.807, 2.05) is 19.9 Å². The second kappa shape index (κ2) is 10.4. The van der Waals surface area contributed by atoms with Crippen molar-refractivity contribution in [2.24, 2.45) is 0 Å². The Labute approximate surface area is 202 Å². The van der Waals surface area contributed by atoms with E-state index in [0.29, 0.717) is 35.0 Å². The van der Waals surface area contributed by atoms with Gasteiger partial charge in [0, 0.05) is 30.7 Å². The summed E-state index contributed by atoms with van der Waals surface area (Å²) in [5, 5.41) is 23.9. The number of methoxy groups -OCH3 is 1. The molecule has 34 heavy (non-hydrogen) atoms. The fourth-order valence-corrected chi connectivity index (χ4v) is 5.44. The number of H-pyrrole nitrogens is 1. The second-order valence-corrected chi connectivity index (χ2v) is 9.65. The highest BCUT2D eigenvalue weighted by molar-refractivity contribution is 7.17. The van der Waals surface area contributed by atoms with Gasteiger partial charge in [-0.15, -0.1) is 11.3 Å². The molecule has 2 aromatic heterocycles. The summed E-state index contributed by atoms with van der Waals surface area (Å²) in [6.45, 7) is 4.85. The molecule has 1 aliphatic rings. The zero-order valence-corrected chi connectivity index (χ0v) is 20.5. The van der Waals surface area contributed by atoms with Crippen LogP contribution in [-0.2, 0) is 17.6 Å². The van der Waals surface area contributed by atoms with E-state index >= 15 is 0 Å². The average molecular weight is 483 g/mol. The van der Waals surface area contributed by atoms with E-state index < -0.39 is 0 Å². The Morgan fingerprint density at radius 3 is 2.79 bits per heavy atom. The molecule has 0 bridgehead atoms. The topological polar surface area (TPSA) is 116 Å². The SMILES string of the molecule is COCCCNC(=O)c1c(NC(=O)c2cc(-c3ccc(C)c(C)c3O)n[nH]2)sc2c1CCCC2. The van der Waals surface area contributed by atoms with Crippen molar-refractivity contribution < 1.29 is 19.4 Å². The van der Waals surface area contributed by atoms with Crippen LogP contribution in [0.25, 0.3) is 11.3 Å². The van der Waals surface area contributed by atoms with E-state index in [9.17, 15) is 14.7 Å². The number of nitrogens with one attached hydrogen (secondary N) is 3. The molecule has 8 nitrogen and oxygen atoms in total. The predicted molar refractivity (Wildman–Crippen MR) is 133 cm³/mol. The van der Waals surface area contributed by atoms with E-state index in [0.717, 1.165) is 53.7 Å². The van der Waals surface area contributed by atoms with Crippen molar-refractivity contribution in [2.75, 3.05) is 25.6 Å². The Hall–Kier alpha value is -3.17. The number of nitrogens with zero attached hydrogens (tertiary/aromatic N) is 1. The van der Waals surface area contributed by atoms with Gasteiger partial charge in [0.25, 0.3) is 11.8 Å². The van der Waals surface area contributed by atoms with Crippen molar-refractivity contribution in [2.45, 2.75) is 46.0 Å². The summed E-state index contributed by atoms with van der Waals surface area (Å²) in [5.74, 6) is -0.401. The third kappa shape index (κ3) is 4.85. The van der Waals surface area contributed by atoms with Crippen LogP contribution in [0.1, 0.15) is 61.7 Å². The Balaban J connectivity index is 1.56. The van der Waals surface area contributed by atoms with Crippen molar-refractivity contribution in [1.82, 2.24) is 15.5 Å². The molecule has 3 aromatic rings. The highest BCUT2D eigenvalue weighted by Crippen LogP contribution is 2.38. The minimum atomic E-state index is -0.380. The van der Waals surface area contributed by atoms with Gasteiger partial charge in [-0.2, -0.15) is 5.10 Å². The Morgan fingerprint density at radius 1 is 1.21 bits per heavy atom. The van der Waals surface area contributed by atoms with Crippen molar-refractivity contribution in [1.29, 1.82) is 0 Å². The minimum absolute atomic E-state index is 0.150. The van der Waals surface area contributed by atoms with Crippen molar-refractivity contribution in [3.8, 4) is 17.0 Å². The summed E-state index contributed by atoms with van der Waals surface area (Å²) in [5.41, 5.74) is 4.65.